The number of pyridine rings is 4. The maximum Gasteiger partial charge on any atom is 0.416 e. The maximum absolute atomic E-state index is 13.2. The van der Waals surface area contributed by atoms with Gasteiger partial charge < -0.3 is 58.4 Å². The number of methoxy groups -OCH3 is 2. The SMILES string of the molecule is COc1cc(-n2ccc3cc(C(=O)O)ccc32)ccn1.COc1ccc(-n2ccc3cc(C(=O)O)ccc32)cn1.Cc1ccc(-n2ccc3cc(C(=O)O)ccc32)cn1.O=C(O)c1ccc2c(ccn2-c2ccncc2)c1.O=C(O)c1ccc2c(cnn2-c2ccc(C(F)(F)F)cc2)c1.O=C(O)c1ccc2c(cnn2-c2cccc(F)c2)c1. The molecule has 18 rings (SSSR count). The molecule has 8 aromatic carbocycles. The molecule has 0 aliphatic rings. The van der Waals surface area contributed by atoms with Gasteiger partial charge in [-0.15, -0.1) is 0 Å². The van der Waals surface area contributed by atoms with Gasteiger partial charge in [-0.3, -0.25) is 9.97 Å². The van der Waals surface area contributed by atoms with Crippen molar-refractivity contribution < 1.29 is 86.4 Å². The minimum atomic E-state index is -4.39. The lowest BCUT2D eigenvalue weighted by molar-refractivity contribution is -0.137. The van der Waals surface area contributed by atoms with Gasteiger partial charge in [-0.25, -0.2) is 52.5 Å². The second-order valence-electron chi connectivity index (χ2n) is 25.8. The molecule has 0 aliphatic carbocycles. The van der Waals surface area contributed by atoms with Gasteiger partial charge in [-0.05, 0) is 219 Å². The second-order valence-corrected chi connectivity index (χ2v) is 25.8. The number of aryl methyl sites for hydroxylation is 1. The first-order valence-corrected chi connectivity index (χ1v) is 35.4. The molecule has 30 heteroatoms. The van der Waals surface area contributed by atoms with E-state index in [-0.39, 0.29) is 28.1 Å². The van der Waals surface area contributed by atoms with Crippen molar-refractivity contribution in [1.29, 1.82) is 0 Å². The number of carboxylic acids is 6. The van der Waals surface area contributed by atoms with Gasteiger partial charge >= 0.3 is 42.0 Å². The summed E-state index contributed by atoms with van der Waals surface area (Å²) in [6.07, 6.45) is 14.9. The number of hydrogen-bond acceptors (Lipinski definition) is 14. The fourth-order valence-corrected chi connectivity index (χ4v) is 12.5. The summed E-state index contributed by atoms with van der Waals surface area (Å²) in [6.45, 7) is 1.94. The van der Waals surface area contributed by atoms with E-state index in [0.717, 1.165) is 89.7 Å². The highest BCUT2D eigenvalue weighted by atomic mass is 19.4. The van der Waals surface area contributed by atoms with E-state index >= 15 is 0 Å². The van der Waals surface area contributed by atoms with E-state index in [1.54, 1.807) is 153 Å². The Balaban J connectivity index is 0.000000123. The number of aromatic nitrogens is 12. The highest BCUT2D eigenvalue weighted by Gasteiger charge is 2.30. The third kappa shape index (κ3) is 18.1. The fourth-order valence-electron chi connectivity index (χ4n) is 12.5. The molecule has 10 aromatic heterocycles. The molecule has 588 valence electrons. The highest BCUT2D eigenvalue weighted by molar-refractivity contribution is 5.98. The summed E-state index contributed by atoms with van der Waals surface area (Å²) in [6, 6.07) is 62.9. The zero-order valence-corrected chi connectivity index (χ0v) is 62.1. The molecule has 118 heavy (non-hydrogen) atoms. The molecule has 0 saturated heterocycles. The van der Waals surface area contributed by atoms with Crippen LogP contribution in [-0.2, 0) is 6.18 Å². The lowest BCUT2D eigenvalue weighted by atomic mass is 10.1. The third-order valence-electron chi connectivity index (χ3n) is 18.4. The topological polar surface area (TPSA) is 349 Å². The van der Waals surface area contributed by atoms with Gasteiger partial charge in [-0.1, -0.05) is 6.07 Å². The van der Waals surface area contributed by atoms with Crippen LogP contribution in [0.3, 0.4) is 0 Å². The first-order valence-electron chi connectivity index (χ1n) is 35.4. The number of fused-ring (bicyclic) bond motifs is 6. The van der Waals surface area contributed by atoms with Gasteiger partial charge in [0.25, 0.3) is 0 Å². The van der Waals surface area contributed by atoms with Crippen LogP contribution in [0.5, 0.6) is 11.8 Å². The Kier molecular flexibility index (Phi) is 23.4. The monoisotopic (exact) mass is 1590 g/mol. The summed E-state index contributed by atoms with van der Waals surface area (Å²) in [4.78, 5) is 82.1. The molecule has 0 saturated carbocycles. The largest absolute Gasteiger partial charge is 0.481 e. The molecule has 0 aliphatic heterocycles. The number of halogens is 4. The van der Waals surface area contributed by atoms with Gasteiger partial charge in [0, 0.05) is 99.2 Å². The minimum Gasteiger partial charge on any atom is -0.481 e. The molecule has 0 atom stereocenters. The van der Waals surface area contributed by atoms with E-state index in [1.165, 1.54) is 53.3 Å². The Morgan fingerprint density at radius 3 is 1.08 bits per heavy atom. The summed E-state index contributed by atoms with van der Waals surface area (Å²) in [5.41, 5.74) is 11.7. The number of carbonyl (C=O) groups is 6. The van der Waals surface area contributed by atoms with Gasteiger partial charge in [0.15, 0.2) is 0 Å². The number of ether oxygens (including phenoxy) is 2. The van der Waals surface area contributed by atoms with Crippen molar-refractivity contribution in [3.63, 3.8) is 0 Å². The zero-order chi connectivity index (χ0) is 83.5. The van der Waals surface area contributed by atoms with Crippen LogP contribution in [0.4, 0.5) is 17.6 Å². The van der Waals surface area contributed by atoms with E-state index in [9.17, 15) is 46.3 Å². The van der Waals surface area contributed by atoms with Crippen molar-refractivity contribution in [3.8, 4) is 45.9 Å². The number of alkyl halides is 3. The molecule has 6 N–H and O–H groups in total. The Bertz CT molecular complexity index is 6780. The summed E-state index contributed by atoms with van der Waals surface area (Å²) in [5, 5.41) is 66.9. The van der Waals surface area contributed by atoms with E-state index in [2.05, 4.69) is 30.1 Å². The predicted molar refractivity (Wildman–Crippen MR) is 431 cm³/mol. The van der Waals surface area contributed by atoms with Crippen LogP contribution in [0.25, 0.3) is 99.5 Å². The first-order chi connectivity index (χ1) is 56.8. The smallest absolute Gasteiger partial charge is 0.416 e. The second kappa shape index (κ2) is 34.7. The molecule has 0 amide bonds. The zero-order valence-electron chi connectivity index (χ0n) is 62.1. The summed E-state index contributed by atoms with van der Waals surface area (Å²) in [7, 11) is 3.14. The van der Waals surface area contributed by atoms with E-state index < -0.39 is 47.6 Å². The van der Waals surface area contributed by atoms with E-state index in [1.807, 2.05) is 129 Å². The standard InChI is InChI=1S/C15H9F3N2O2.2C15H12N2O3.C15H12N2O2.C14H9FN2O2.C14H10N2O2/c16-15(17,18)11-2-4-12(5-3-11)20-13-6-1-9(14(21)22)7-10(13)8-19-20;1-20-14-5-3-12(9-16-14)17-7-6-10-8-11(15(18)19)2-4-13(10)17;1-20-14-9-12(4-6-16-14)17-7-5-10-8-11(15(18)19)2-3-13(10)17;1-10-2-4-13(9-16-10)17-7-6-11-8-12(15(18)19)3-5-14(11)17;15-11-2-1-3-12(7-11)17-13-5-4-9(14(18)19)6-10(13)8-16-17;17-14(18)11-1-2-13-10(9-11)5-8-16(13)12-3-6-15-7-4-12/h1-8H,(H,21,22);2*2-9H,1H3,(H,18,19);2-9H,1H3,(H,18,19);1-8H,(H,18,19);1-9H,(H,17,18). The molecule has 0 bridgehead atoms. The first kappa shape index (κ1) is 79.7. The summed E-state index contributed by atoms with van der Waals surface area (Å²) < 4.78 is 72.0. The highest BCUT2D eigenvalue weighted by Crippen LogP contribution is 2.32. The molecular formula is C88H64F4N12O14. The number of rotatable bonds is 14. The average Bonchev–Trinajstić information content (AvgIpc) is 1.69. The molecule has 18 aromatic rings. The maximum atomic E-state index is 13.2. The van der Waals surface area contributed by atoms with Crippen LogP contribution in [0.2, 0.25) is 0 Å². The Labute approximate surface area is 664 Å². The summed E-state index contributed by atoms with van der Waals surface area (Å²) >= 11 is 0. The van der Waals surface area contributed by atoms with Crippen LogP contribution >= 0.6 is 0 Å². The molecule has 0 radical (unpaired) electrons. The normalized spacial score (nSPS) is 10.9. The van der Waals surface area contributed by atoms with Crippen LogP contribution in [0.15, 0.2) is 299 Å². The Hall–Kier alpha value is -16.4. The van der Waals surface area contributed by atoms with Crippen LogP contribution in [0.1, 0.15) is 73.4 Å². The van der Waals surface area contributed by atoms with Crippen LogP contribution < -0.4 is 9.47 Å². The van der Waals surface area contributed by atoms with Crippen molar-refractivity contribution in [1.82, 2.24) is 57.8 Å². The van der Waals surface area contributed by atoms with Crippen molar-refractivity contribution in [2.75, 3.05) is 14.2 Å². The lowest BCUT2D eigenvalue weighted by Crippen LogP contribution is -2.05. The fraction of sp³-hybridized carbons (Fsp3) is 0.0455. The van der Waals surface area contributed by atoms with Gasteiger partial charge in [0.1, 0.15) is 5.82 Å². The van der Waals surface area contributed by atoms with Crippen molar-refractivity contribution >= 4 is 101 Å². The van der Waals surface area contributed by atoms with Gasteiger partial charge in [0.2, 0.25) is 11.8 Å². The number of benzene rings is 8. The number of hydrogen-bond donors (Lipinski definition) is 6. The number of aromatic carboxylic acids is 6. The number of nitrogens with zero attached hydrogens (tertiary/aromatic N) is 12. The molecule has 0 unspecified atom stereocenters. The van der Waals surface area contributed by atoms with Crippen molar-refractivity contribution in [2.45, 2.75) is 13.1 Å². The average molecular weight is 1590 g/mol. The van der Waals surface area contributed by atoms with Crippen molar-refractivity contribution in [2.24, 2.45) is 0 Å². The number of carboxylic acid groups (broad SMARTS) is 6. The Morgan fingerprint density at radius 2 is 0.703 bits per heavy atom. The molecule has 26 nitrogen and oxygen atoms in total. The van der Waals surface area contributed by atoms with E-state index in [4.69, 9.17) is 40.1 Å². The third-order valence-corrected chi connectivity index (χ3v) is 18.4. The predicted octanol–water partition coefficient (Wildman–Crippen LogP) is 17.8. The Morgan fingerprint density at radius 1 is 0.331 bits per heavy atom. The minimum absolute atomic E-state index is 0.125. The molecule has 0 spiro atoms. The van der Waals surface area contributed by atoms with Crippen molar-refractivity contribution in [3.05, 3.63) is 349 Å². The summed E-state index contributed by atoms with van der Waals surface area (Å²) in [5.74, 6) is -4.96. The van der Waals surface area contributed by atoms with Crippen LogP contribution in [-0.4, -0.2) is 138 Å². The molecular weight excluding hydrogens is 1530 g/mol. The van der Waals surface area contributed by atoms with Gasteiger partial charge in [-0.2, -0.15) is 23.4 Å². The molecule has 0 fully saturated rings. The molecule has 10 heterocycles. The lowest BCUT2D eigenvalue weighted by Gasteiger charge is -2.08. The van der Waals surface area contributed by atoms with Crippen LogP contribution in [0, 0.1) is 12.7 Å². The van der Waals surface area contributed by atoms with E-state index in [0.29, 0.717) is 50.6 Å². The van der Waals surface area contributed by atoms with Gasteiger partial charge in [0.05, 0.1) is 139 Å². The quantitative estimate of drug-likeness (QED) is 0.0551.